The zero-order valence-corrected chi connectivity index (χ0v) is 19.5. The van der Waals surface area contributed by atoms with Crippen molar-refractivity contribution in [3.8, 4) is 0 Å². The molecule has 2 heterocycles. The lowest BCUT2D eigenvalue weighted by atomic mass is 10.2. The van der Waals surface area contributed by atoms with E-state index in [0.29, 0.717) is 11.2 Å². The average molecular weight is 496 g/mol. The molecular formula is C20H22ClN5O6S. The van der Waals surface area contributed by atoms with Gasteiger partial charge in [0.25, 0.3) is 5.56 Å². The molecule has 4 rings (SSSR count). The quantitative estimate of drug-likeness (QED) is 0.360. The van der Waals surface area contributed by atoms with E-state index in [-0.39, 0.29) is 41.1 Å². The Morgan fingerprint density at radius 3 is 2.70 bits per heavy atom. The second kappa shape index (κ2) is 8.76. The molecule has 1 aromatic carbocycles. The van der Waals surface area contributed by atoms with Gasteiger partial charge in [-0.3, -0.25) is 13.9 Å². The maximum atomic E-state index is 12.7. The van der Waals surface area contributed by atoms with Crippen LogP contribution in [0, 0.1) is 0 Å². The first-order valence-corrected chi connectivity index (χ1v) is 12.1. The Morgan fingerprint density at radius 1 is 1.27 bits per heavy atom. The molecule has 1 aliphatic carbocycles. The summed E-state index contributed by atoms with van der Waals surface area (Å²) in [5.41, 5.74) is -0.382. The number of rotatable bonds is 8. The van der Waals surface area contributed by atoms with E-state index in [0.717, 1.165) is 17.4 Å². The highest BCUT2D eigenvalue weighted by Crippen LogP contribution is 2.27. The van der Waals surface area contributed by atoms with Gasteiger partial charge in [-0.15, -0.1) is 0 Å². The number of halogens is 1. The van der Waals surface area contributed by atoms with E-state index in [1.807, 2.05) is 0 Å². The molecule has 1 aliphatic rings. The molecule has 11 nitrogen and oxygen atoms in total. The van der Waals surface area contributed by atoms with Gasteiger partial charge in [-0.05, 0) is 37.5 Å². The fourth-order valence-electron chi connectivity index (χ4n) is 3.38. The number of sulfonamides is 1. The van der Waals surface area contributed by atoms with Crippen LogP contribution in [0.3, 0.4) is 0 Å². The van der Waals surface area contributed by atoms with Crippen LogP contribution in [-0.2, 0) is 35.4 Å². The van der Waals surface area contributed by atoms with Crippen molar-refractivity contribution in [1.29, 1.82) is 0 Å². The number of carbonyl (C=O) groups excluding carboxylic acids is 1. The fraction of sp³-hybridized carbons (Fsp3) is 0.400. The smallest absolute Gasteiger partial charge is 0.338 e. The second-order valence-corrected chi connectivity index (χ2v) is 9.95. The minimum absolute atomic E-state index is 0.000442. The summed E-state index contributed by atoms with van der Waals surface area (Å²) in [5, 5.41) is 0.000442. The Labute approximate surface area is 193 Å². The number of nitrogens with one attached hydrogen (secondary N) is 1. The van der Waals surface area contributed by atoms with Crippen molar-refractivity contribution in [3.05, 3.63) is 56.0 Å². The van der Waals surface area contributed by atoms with Crippen LogP contribution in [0.1, 0.15) is 29.6 Å². The third-order valence-electron chi connectivity index (χ3n) is 5.32. The Kier molecular flexibility index (Phi) is 6.16. The van der Waals surface area contributed by atoms with Crippen molar-refractivity contribution < 1.29 is 17.9 Å². The van der Waals surface area contributed by atoms with Crippen molar-refractivity contribution in [2.24, 2.45) is 14.1 Å². The number of ether oxygens (including phenoxy) is 1. The monoisotopic (exact) mass is 495 g/mol. The fourth-order valence-corrected chi connectivity index (χ4v) is 5.22. The van der Waals surface area contributed by atoms with E-state index in [9.17, 15) is 22.8 Å². The number of carbonyl (C=O) groups is 1. The van der Waals surface area contributed by atoms with Crippen LogP contribution in [0.4, 0.5) is 0 Å². The number of esters is 1. The maximum Gasteiger partial charge on any atom is 0.338 e. The molecule has 13 heteroatoms. The third kappa shape index (κ3) is 4.59. The number of benzene rings is 1. The van der Waals surface area contributed by atoms with Crippen LogP contribution < -0.4 is 16.0 Å². The summed E-state index contributed by atoms with van der Waals surface area (Å²) in [6.07, 6.45) is 3.18. The summed E-state index contributed by atoms with van der Waals surface area (Å²) in [5.74, 6) is -0.739. The largest absolute Gasteiger partial charge is 0.462 e. The molecule has 1 saturated carbocycles. The van der Waals surface area contributed by atoms with E-state index in [1.54, 1.807) is 7.05 Å². The van der Waals surface area contributed by atoms with Crippen LogP contribution in [-0.4, -0.2) is 45.7 Å². The first kappa shape index (κ1) is 23.2. The topological polar surface area (TPSA) is 134 Å². The second-order valence-electron chi connectivity index (χ2n) is 7.86. The summed E-state index contributed by atoms with van der Waals surface area (Å²) in [4.78, 5) is 41.5. The molecular weight excluding hydrogens is 474 g/mol. The Bertz CT molecular complexity index is 1470. The van der Waals surface area contributed by atoms with E-state index in [1.165, 1.54) is 40.7 Å². The summed E-state index contributed by atoms with van der Waals surface area (Å²) in [6, 6.07) is 3.76. The molecule has 0 saturated heterocycles. The van der Waals surface area contributed by atoms with Crippen LogP contribution in [0.15, 0.2) is 39.0 Å². The molecule has 0 radical (unpaired) electrons. The van der Waals surface area contributed by atoms with Gasteiger partial charge in [-0.1, -0.05) is 11.6 Å². The molecule has 1 N–H and O–H groups in total. The minimum Gasteiger partial charge on any atom is -0.462 e. The maximum absolute atomic E-state index is 12.7. The van der Waals surface area contributed by atoms with Gasteiger partial charge in [-0.2, -0.15) is 0 Å². The van der Waals surface area contributed by atoms with E-state index < -0.39 is 27.2 Å². The van der Waals surface area contributed by atoms with Crippen molar-refractivity contribution in [3.63, 3.8) is 0 Å². The lowest BCUT2D eigenvalue weighted by molar-refractivity contribution is 0.0495. The molecule has 176 valence electrons. The number of aromatic nitrogens is 4. The zero-order chi connectivity index (χ0) is 23.9. The van der Waals surface area contributed by atoms with Gasteiger partial charge in [-0.25, -0.2) is 27.7 Å². The van der Waals surface area contributed by atoms with Gasteiger partial charge in [0.2, 0.25) is 10.0 Å². The minimum atomic E-state index is -3.85. The molecule has 0 spiro atoms. The lowest BCUT2D eigenvalue weighted by Gasteiger charge is -2.11. The van der Waals surface area contributed by atoms with Crippen LogP contribution >= 0.6 is 11.6 Å². The van der Waals surface area contributed by atoms with E-state index in [4.69, 9.17) is 16.3 Å². The molecule has 3 aromatic rings. The van der Waals surface area contributed by atoms with Gasteiger partial charge in [0.05, 0.1) is 23.5 Å². The number of aryl methyl sites for hydroxylation is 2. The number of fused-ring (bicyclic) bond motifs is 1. The van der Waals surface area contributed by atoms with E-state index >= 15 is 0 Å². The predicted molar refractivity (Wildman–Crippen MR) is 120 cm³/mol. The first-order valence-electron chi connectivity index (χ1n) is 10.2. The Balaban J connectivity index is 1.43. The van der Waals surface area contributed by atoms with Crippen molar-refractivity contribution >= 4 is 38.8 Å². The number of hydrogen-bond acceptors (Lipinski definition) is 7. The summed E-state index contributed by atoms with van der Waals surface area (Å²) in [6.45, 7) is -0.0473. The molecule has 2 aromatic heterocycles. The van der Waals surface area contributed by atoms with E-state index in [2.05, 4.69) is 9.71 Å². The van der Waals surface area contributed by atoms with Crippen molar-refractivity contribution in [2.45, 2.75) is 36.7 Å². The van der Waals surface area contributed by atoms with Gasteiger partial charge in [0, 0.05) is 26.7 Å². The van der Waals surface area contributed by atoms with Gasteiger partial charge >= 0.3 is 11.7 Å². The molecule has 33 heavy (non-hydrogen) atoms. The summed E-state index contributed by atoms with van der Waals surface area (Å²) in [7, 11) is -0.661. The van der Waals surface area contributed by atoms with Gasteiger partial charge in [0.1, 0.15) is 4.90 Å². The van der Waals surface area contributed by atoms with Crippen LogP contribution in [0.25, 0.3) is 11.2 Å². The zero-order valence-electron chi connectivity index (χ0n) is 17.9. The highest BCUT2D eigenvalue weighted by atomic mass is 35.5. The van der Waals surface area contributed by atoms with Crippen LogP contribution in [0.5, 0.6) is 0 Å². The Hall–Kier alpha value is -2.96. The normalized spacial score (nSPS) is 14.0. The number of nitrogens with zero attached hydrogens (tertiary/aromatic N) is 4. The first-order chi connectivity index (χ1) is 15.6. The Morgan fingerprint density at radius 2 is 2.00 bits per heavy atom. The van der Waals surface area contributed by atoms with Gasteiger partial charge < -0.3 is 9.30 Å². The molecule has 0 bridgehead atoms. The predicted octanol–water partition coefficient (Wildman–Crippen LogP) is 0.775. The number of hydrogen-bond donors (Lipinski definition) is 1. The van der Waals surface area contributed by atoms with Crippen molar-refractivity contribution in [2.75, 3.05) is 6.61 Å². The standard InChI is InChI=1S/C20H22ClN5O6S/c1-24-11-22-17-16(24)18(27)26(20(29)25(17)2)8-3-9-32-19(28)12-4-7-14(21)15(10-12)33(30,31)23-13-5-6-13/h4,7,10-11,13,23H,3,5-6,8-9H2,1-2H3. The summed E-state index contributed by atoms with van der Waals surface area (Å²) < 4.78 is 36.6. The lowest BCUT2D eigenvalue weighted by Crippen LogP contribution is -2.39. The third-order valence-corrected chi connectivity index (χ3v) is 7.32. The molecule has 0 aliphatic heterocycles. The molecule has 0 unspecified atom stereocenters. The van der Waals surface area contributed by atoms with Gasteiger partial charge in [0.15, 0.2) is 11.2 Å². The summed E-state index contributed by atoms with van der Waals surface area (Å²) >= 11 is 6.03. The highest BCUT2D eigenvalue weighted by Gasteiger charge is 2.29. The van der Waals surface area contributed by atoms with Crippen molar-refractivity contribution in [1.82, 2.24) is 23.4 Å². The molecule has 0 amide bonds. The molecule has 1 fully saturated rings. The van der Waals surface area contributed by atoms with Crippen LogP contribution in [0.2, 0.25) is 5.02 Å². The average Bonchev–Trinajstić information content (AvgIpc) is 3.48. The number of imidazole rings is 1. The highest BCUT2D eigenvalue weighted by molar-refractivity contribution is 7.89. The molecule has 0 atom stereocenters. The SMILES string of the molecule is Cn1cnc2c1c(=O)n(CCCOC(=O)c1ccc(Cl)c(S(=O)(=O)NC3CC3)c1)c(=O)n2C.